The van der Waals surface area contributed by atoms with Crippen molar-refractivity contribution in [1.82, 2.24) is 9.55 Å². The van der Waals surface area contributed by atoms with E-state index in [1.165, 1.54) is 0 Å². The Balaban J connectivity index is 2.52. The number of hydrogen-bond donors (Lipinski definition) is 1. The van der Waals surface area contributed by atoms with E-state index in [4.69, 9.17) is 11.6 Å². The van der Waals surface area contributed by atoms with Gasteiger partial charge in [-0.3, -0.25) is 4.72 Å². The molecule has 0 saturated carbocycles. The van der Waals surface area contributed by atoms with Gasteiger partial charge in [-0.25, -0.2) is 13.4 Å². The first-order chi connectivity index (χ1) is 8.53. The topological polar surface area (TPSA) is 64.0 Å². The summed E-state index contributed by atoms with van der Waals surface area (Å²) in [5, 5.41) is 0.448. The van der Waals surface area contributed by atoms with Gasteiger partial charge in [-0.05, 0) is 19.1 Å². The maximum atomic E-state index is 11.6. The van der Waals surface area contributed by atoms with E-state index < -0.39 is 10.0 Å². The van der Waals surface area contributed by atoms with Crippen molar-refractivity contribution in [3.8, 4) is 5.69 Å². The van der Waals surface area contributed by atoms with Gasteiger partial charge in [-0.1, -0.05) is 17.7 Å². The van der Waals surface area contributed by atoms with Gasteiger partial charge in [-0.2, -0.15) is 0 Å². The van der Waals surface area contributed by atoms with Gasteiger partial charge in [0.2, 0.25) is 10.0 Å². The van der Waals surface area contributed by atoms with Gasteiger partial charge >= 0.3 is 0 Å². The Morgan fingerprint density at radius 1 is 1.44 bits per heavy atom. The van der Waals surface area contributed by atoms with Crippen LogP contribution in [0.3, 0.4) is 0 Å². The average Bonchev–Trinajstić information content (AvgIpc) is 2.82. The lowest BCUT2D eigenvalue weighted by Gasteiger charge is -2.13. The van der Waals surface area contributed by atoms with Crippen LogP contribution in [0.1, 0.15) is 6.92 Å². The van der Waals surface area contributed by atoms with Crippen LogP contribution in [0.4, 0.5) is 5.69 Å². The van der Waals surface area contributed by atoms with Crippen molar-refractivity contribution >= 4 is 27.3 Å². The summed E-state index contributed by atoms with van der Waals surface area (Å²) in [5.41, 5.74) is 0.996. The Bertz CT molecular complexity index is 638. The van der Waals surface area contributed by atoms with Crippen LogP contribution < -0.4 is 4.72 Å². The molecule has 5 nitrogen and oxygen atoms in total. The minimum absolute atomic E-state index is 0.00286. The van der Waals surface area contributed by atoms with Crippen molar-refractivity contribution < 1.29 is 8.42 Å². The number of anilines is 1. The summed E-state index contributed by atoms with van der Waals surface area (Å²) < 4.78 is 27.4. The molecule has 0 fully saturated rings. The SMILES string of the molecule is CCS(=O)(=O)Nc1cccc(Cl)c1-n1ccnc1. The van der Waals surface area contributed by atoms with Gasteiger partial charge in [0.25, 0.3) is 0 Å². The number of nitrogens with zero attached hydrogens (tertiary/aromatic N) is 2. The summed E-state index contributed by atoms with van der Waals surface area (Å²) in [5.74, 6) is 0.00286. The number of imidazole rings is 1. The fourth-order valence-electron chi connectivity index (χ4n) is 1.49. The van der Waals surface area contributed by atoms with Crippen molar-refractivity contribution in [3.63, 3.8) is 0 Å². The lowest BCUT2D eigenvalue weighted by atomic mass is 10.2. The van der Waals surface area contributed by atoms with Crippen molar-refractivity contribution in [2.75, 3.05) is 10.5 Å². The smallest absolute Gasteiger partial charge is 0.232 e. The van der Waals surface area contributed by atoms with Crippen molar-refractivity contribution in [2.45, 2.75) is 6.92 Å². The lowest BCUT2D eigenvalue weighted by molar-refractivity contribution is 0.602. The number of halogens is 1. The molecule has 1 N–H and O–H groups in total. The van der Waals surface area contributed by atoms with Crippen LogP contribution in [0.15, 0.2) is 36.9 Å². The number of hydrogen-bond acceptors (Lipinski definition) is 3. The monoisotopic (exact) mass is 285 g/mol. The standard InChI is InChI=1S/C11H12ClN3O2S/c1-2-18(16,17)14-10-5-3-4-9(12)11(10)15-7-6-13-8-15/h3-8,14H,2H2,1H3. The van der Waals surface area contributed by atoms with Gasteiger partial charge < -0.3 is 4.57 Å². The summed E-state index contributed by atoms with van der Waals surface area (Å²) in [4.78, 5) is 3.92. The molecular formula is C11H12ClN3O2S. The Morgan fingerprint density at radius 2 is 2.22 bits per heavy atom. The van der Waals surface area contributed by atoms with Crippen LogP contribution in [0.25, 0.3) is 5.69 Å². The number of para-hydroxylation sites is 1. The maximum Gasteiger partial charge on any atom is 0.232 e. The quantitative estimate of drug-likeness (QED) is 0.937. The summed E-state index contributed by atoms with van der Waals surface area (Å²) in [6.45, 7) is 1.57. The Morgan fingerprint density at radius 3 is 2.83 bits per heavy atom. The van der Waals surface area contributed by atoms with Crippen molar-refractivity contribution in [2.24, 2.45) is 0 Å². The van der Waals surface area contributed by atoms with E-state index in [1.54, 1.807) is 48.4 Å². The van der Waals surface area contributed by atoms with E-state index >= 15 is 0 Å². The highest BCUT2D eigenvalue weighted by Crippen LogP contribution is 2.29. The van der Waals surface area contributed by atoms with Gasteiger partial charge in [0, 0.05) is 12.4 Å². The molecule has 1 heterocycles. The van der Waals surface area contributed by atoms with Crippen molar-refractivity contribution in [3.05, 3.63) is 41.9 Å². The molecule has 96 valence electrons. The highest BCUT2D eigenvalue weighted by atomic mass is 35.5. The molecule has 1 aromatic carbocycles. The first kappa shape index (κ1) is 12.9. The predicted octanol–water partition coefficient (Wildman–Crippen LogP) is 2.29. The highest BCUT2D eigenvalue weighted by Gasteiger charge is 2.13. The minimum atomic E-state index is -3.35. The zero-order valence-corrected chi connectivity index (χ0v) is 11.2. The predicted molar refractivity (Wildman–Crippen MR) is 71.7 cm³/mol. The first-order valence-corrected chi connectivity index (χ1v) is 7.34. The number of nitrogens with one attached hydrogen (secondary N) is 1. The van der Waals surface area contributed by atoms with E-state index in [1.807, 2.05) is 0 Å². The number of benzene rings is 1. The second-order valence-corrected chi connectivity index (χ2v) is 6.03. The zero-order valence-electron chi connectivity index (χ0n) is 9.67. The molecule has 2 aromatic rings. The number of rotatable bonds is 4. The molecule has 0 saturated heterocycles. The molecule has 0 amide bonds. The number of aromatic nitrogens is 2. The molecule has 7 heteroatoms. The van der Waals surface area contributed by atoms with E-state index in [9.17, 15) is 8.42 Å². The fraction of sp³-hybridized carbons (Fsp3) is 0.182. The molecule has 18 heavy (non-hydrogen) atoms. The molecule has 0 aliphatic carbocycles. The molecule has 1 aromatic heterocycles. The summed E-state index contributed by atoms with van der Waals surface area (Å²) in [6, 6.07) is 5.05. The highest BCUT2D eigenvalue weighted by molar-refractivity contribution is 7.92. The molecule has 0 radical (unpaired) electrons. The van der Waals surface area contributed by atoms with E-state index in [2.05, 4.69) is 9.71 Å². The third kappa shape index (κ3) is 2.65. The van der Waals surface area contributed by atoms with Crippen molar-refractivity contribution in [1.29, 1.82) is 0 Å². The normalized spacial score (nSPS) is 11.4. The second kappa shape index (κ2) is 4.99. The molecule has 0 spiro atoms. The Labute approximate surface area is 110 Å². The number of sulfonamides is 1. The molecule has 2 rings (SSSR count). The fourth-order valence-corrected chi connectivity index (χ4v) is 2.41. The summed E-state index contributed by atoms with van der Waals surface area (Å²) >= 11 is 6.11. The largest absolute Gasteiger partial charge is 0.303 e. The van der Waals surface area contributed by atoms with Crippen LogP contribution in [-0.2, 0) is 10.0 Å². The zero-order chi connectivity index (χ0) is 13.2. The lowest BCUT2D eigenvalue weighted by Crippen LogP contribution is -2.16. The molecule has 0 atom stereocenters. The van der Waals surface area contributed by atoms with E-state index in [0.29, 0.717) is 16.4 Å². The Hall–Kier alpha value is -1.53. The van der Waals surface area contributed by atoms with Gasteiger partial charge in [-0.15, -0.1) is 0 Å². The third-order valence-corrected chi connectivity index (χ3v) is 3.99. The van der Waals surface area contributed by atoms with Crippen LogP contribution in [0.5, 0.6) is 0 Å². The maximum absolute atomic E-state index is 11.6. The second-order valence-electron chi connectivity index (χ2n) is 3.61. The molecule has 0 aliphatic heterocycles. The summed E-state index contributed by atoms with van der Waals surface area (Å²) in [6.07, 6.45) is 4.86. The van der Waals surface area contributed by atoms with E-state index in [0.717, 1.165) is 0 Å². The minimum Gasteiger partial charge on any atom is -0.303 e. The molecule has 0 bridgehead atoms. The van der Waals surface area contributed by atoms with Crippen LogP contribution in [-0.4, -0.2) is 23.7 Å². The average molecular weight is 286 g/mol. The van der Waals surface area contributed by atoms with Gasteiger partial charge in [0.05, 0.1) is 28.5 Å². The summed E-state index contributed by atoms with van der Waals surface area (Å²) in [7, 11) is -3.35. The van der Waals surface area contributed by atoms with E-state index in [-0.39, 0.29) is 5.75 Å². The van der Waals surface area contributed by atoms with Gasteiger partial charge in [0.15, 0.2) is 0 Å². The van der Waals surface area contributed by atoms with Crippen LogP contribution in [0.2, 0.25) is 5.02 Å². The molecule has 0 aliphatic rings. The van der Waals surface area contributed by atoms with Gasteiger partial charge in [0.1, 0.15) is 0 Å². The first-order valence-electron chi connectivity index (χ1n) is 5.31. The Kier molecular flexibility index (Phi) is 3.58. The van der Waals surface area contributed by atoms with Crippen LogP contribution in [0, 0.1) is 0 Å². The molecular weight excluding hydrogens is 274 g/mol. The van der Waals surface area contributed by atoms with Crippen LogP contribution >= 0.6 is 11.6 Å². The molecule has 0 unspecified atom stereocenters. The third-order valence-electron chi connectivity index (χ3n) is 2.39.